The number of ether oxygens (including phenoxy) is 2. The van der Waals surface area contributed by atoms with Crippen LogP contribution in [0.1, 0.15) is 12.8 Å². The fraction of sp³-hybridized carbons (Fsp3) is 0.417. The number of rotatable bonds is 2. The second-order valence-corrected chi connectivity index (χ2v) is 4.14. The lowest BCUT2D eigenvalue weighted by Crippen LogP contribution is -2.15. The first kappa shape index (κ1) is 9.51. The van der Waals surface area contributed by atoms with E-state index < -0.39 is 0 Å². The first-order chi connectivity index (χ1) is 7.83. The van der Waals surface area contributed by atoms with E-state index in [0.29, 0.717) is 19.1 Å². The molecule has 0 amide bonds. The zero-order chi connectivity index (χ0) is 11.0. The number of benzene rings is 1. The van der Waals surface area contributed by atoms with Crippen LogP contribution < -0.4 is 15.2 Å². The number of nitrogens with two attached hydrogens (primary N) is 1. The number of nitrogens with zero attached hydrogens (tertiary/aromatic N) is 1. The highest BCUT2D eigenvalue weighted by Gasteiger charge is 2.25. The molecule has 3 rings (SSSR count). The van der Waals surface area contributed by atoms with Crippen molar-refractivity contribution in [3.05, 3.63) is 18.2 Å². The first-order valence-corrected chi connectivity index (χ1v) is 5.56. The molecule has 0 bridgehead atoms. The van der Waals surface area contributed by atoms with E-state index >= 15 is 0 Å². The minimum Gasteiger partial charge on any atom is -0.486 e. The summed E-state index contributed by atoms with van der Waals surface area (Å²) in [5.41, 5.74) is 6.71. The molecule has 2 N–H and O–H groups in total. The van der Waals surface area contributed by atoms with Gasteiger partial charge in [0.1, 0.15) is 19.0 Å². The number of amidine groups is 1. The maximum absolute atomic E-state index is 5.87. The average molecular weight is 218 g/mol. The Morgan fingerprint density at radius 1 is 1.19 bits per heavy atom. The molecule has 1 aliphatic carbocycles. The topological polar surface area (TPSA) is 56.8 Å². The third kappa shape index (κ3) is 1.83. The maximum Gasteiger partial charge on any atom is 0.163 e. The Morgan fingerprint density at radius 2 is 1.94 bits per heavy atom. The highest BCUT2D eigenvalue weighted by Crippen LogP contribution is 2.35. The number of hydrogen-bond donors (Lipinski definition) is 1. The van der Waals surface area contributed by atoms with Crippen molar-refractivity contribution in [1.29, 1.82) is 0 Å². The fourth-order valence-corrected chi connectivity index (χ4v) is 1.72. The molecule has 1 aliphatic heterocycles. The van der Waals surface area contributed by atoms with Gasteiger partial charge in [0.2, 0.25) is 0 Å². The van der Waals surface area contributed by atoms with Crippen molar-refractivity contribution < 1.29 is 9.47 Å². The standard InChI is InChI=1S/C12H14N2O2/c13-12(8-1-2-8)14-9-3-4-10-11(7-9)16-6-5-15-10/h3-4,7-8H,1-2,5-6H2,(H2,13,14). The lowest BCUT2D eigenvalue weighted by molar-refractivity contribution is 0.171. The van der Waals surface area contributed by atoms with Gasteiger partial charge >= 0.3 is 0 Å². The molecule has 1 saturated carbocycles. The Hall–Kier alpha value is -1.71. The third-order valence-corrected chi connectivity index (χ3v) is 2.78. The van der Waals surface area contributed by atoms with Gasteiger partial charge in [0.15, 0.2) is 11.5 Å². The summed E-state index contributed by atoms with van der Waals surface area (Å²) in [7, 11) is 0. The first-order valence-electron chi connectivity index (χ1n) is 5.56. The molecule has 2 aliphatic rings. The Labute approximate surface area is 94.1 Å². The zero-order valence-corrected chi connectivity index (χ0v) is 8.98. The monoisotopic (exact) mass is 218 g/mol. The highest BCUT2D eigenvalue weighted by atomic mass is 16.6. The van der Waals surface area contributed by atoms with Crippen LogP contribution >= 0.6 is 0 Å². The average Bonchev–Trinajstić information content (AvgIpc) is 3.12. The summed E-state index contributed by atoms with van der Waals surface area (Å²) in [4.78, 5) is 4.39. The maximum atomic E-state index is 5.87. The minimum atomic E-state index is 0.494. The molecule has 4 nitrogen and oxygen atoms in total. The second kappa shape index (κ2) is 3.70. The van der Waals surface area contributed by atoms with Crippen molar-refractivity contribution in [2.24, 2.45) is 16.6 Å². The summed E-state index contributed by atoms with van der Waals surface area (Å²) in [6, 6.07) is 5.67. The van der Waals surface area contributed by atoms with Crippen molar-refractivity contribution in [3.63, 3.8) is 0 Å². The third-order valence-electron chi connectivity index (χ3n) is 2.78. The predicted octanol–water partition coefficient (Wildman–Crippen LogP) is 1.86. The molecule has 0 unspecified atom stereocenters. The normalized spacial score (nSPS) is 19.6. The minimum absolute atomic E-state index is 0.494. The van der Waals surface area contributed by atoms with Crippen LogP contribution in [-0.2, 0) is 0 Å². The van der Waals surface area contributed by atoms with Crippen LogP contribution in [0.5, 0.6) is 11.5 Å². The fourth-order valence-electron chi connectivity index (χ4n) is 1.72. The second-order valence-electron chi connectivity index (χ2n) is 4.14. The largest absolute Gasteiger partial charge is 0.486 e. The predicted molar refractivity (Wildman–Crippen MR) is 61.4 cm³/mol. The van der Waals surface area contributed by atoms with Gasteiger partial charge < -0.3 is 15.2 Å². The van der Waals surface area contributed by atoms with E-state index in [1.165, 1.54) is 12.8 Å². The van der Waals surface area contributed by atoms with Crippen LogP contribution in [-0.4, -0.2) is 19.0 Å². The summed E-state index contributed by atoms with van der Waals surface area (Å²) in [5, 5.41) is 0. The van der Waals surface area contributed by atoms with Gasteiger partial charge in [0.25, 0.3) is 0 Å². The molecular formula is C12H14N2O2. The smallest absolute Gasteiger partial charge is 0.163 e. The van der Waals surface area contributed by atoms with E-state index in [-0.39, 0.29) is 0 Å². The van der Waals surface area contributed by atoms with Gasteiger partial charge in [0, 0.05) is 12.0 Å². The molecular weight excluding hydrogens is 204 g/mol. The van der Waals surface area contributed by atoms with E-state index in [9.17, 15) is 0 Å². The Morgan fingerprint density at radius 3 is 2.69 bits per heavy atom. The number of hydrogen-bond acceptors (Lipinski definition) is 3. The number of aliphatic imine (C=N–C) groups is 1. The Bertz CT molecular complexity index is 439. The Balaban J connectivity index is 1.87. The van der Waals surface area contributed by atoms with Gasteiger partial charge in [-0.25, -0.2) is 4.99 Å². The van der Waals surface area contributed by atoms with Crippen LogP contribution in [0.15, 0.2) is 23.2 Å². The molecule has 0 spiro atoms. The van der Waals surface area contributed by atoms with E-state index in [0.717, 1.165) is 23.0 Å². The van der Waals surface area contributed by atoms with Gasteiger partial charge in [-0.2, -0.15) is 0 Å². The van der Waals surface area contributed by atoms with Crippen LogP contribution in [0.4, 0.5) is 5.69 Å². The SMILES string of the molecule is NC(=Nc1ccc2c(c1)OCCO2)C1CC1. The van der Waals surface area contributed by atoms with Crippen molar-refractivity contribution in [2.75, 3.05) is 13.2 Å². The lowest BCUT2D eigenvalue weighted by Gasteiger charge is -2.18. The molecule has 1 aromatic carbocycles. The van der Waals surface area contributed by atoms with E-state index in [2.05, 4.69) is 4.99 Å². The van der Waals surface area contributed by atoms with Gasteiger partial charge in [-0.05, 0) is 25.0 Å². The van der Waals surface area contributed by atoms with E-state index in [1.807, 2.05) is 18.2 Å². The molecule has 0 aromatic heterocycles. The molecule has 16 heavy (non-hydrogen) atoms. The van der Waals surface area contributed by atoms with Crippen molar-refractivity contribution in [1.82, 2.24) is 0 Å². The summed E-state index contributed by atoms with van der Waals surface area (Å²) < 4.78 is 10.9. The van der Waals surface area contributed by atoms with Crippen molar-refractivity contribution in [3.8, 4) is 11.5 Å². The van der Waals surface area contributed by atoms with Gasteiger partial charge in [0.05, 0.1) is 5.69 Å². The van der Waals surface area contributed by atoms with Gasteiger partial charge in [-0.15, -0.1) is 0 Å². The van der Waals surface area contributed by atoms with Crippen molar-refractivity contribution in [2.45, 2.75) is 12.8 Å². The zero-order valence-electron chi connectivity index (χ0n) is 8.98. The van der Waals surface area contributed by atoms with Crippen LogP contribution in [0.3, 0.4) is 0 Å². The Kier molecular flexibility index (Phi) is 2.20. The quantitative estimate of drug-likeness (QED) is 0.609. The summed E-state index contributed by atoms with van der Waals surface area (Å²) in [6.45, 7) is 1.21. The molecule has 0 atom stereocenters. The molecule has 0 saturated heterocycles. The molecule has 1 aromatic rings. The molecule has 0 radical (unpaired) electrons. The molecule has 1 heterocycles. The summed E-state index contributed by atoms with van der Waals surface area (Å²) >= 11 is 0. The summed E-state index contributed by atoms with van der Waals surface area (Å²) in [5.74, 6) is 2.77. The lowest BCUT2D eigenvalue weighted by atomic mass is 10.2. The highest BCUT2D eigenvalue weighted by molar-refractivity contribution is 5.87. The van der Waals surface area contributed by atoms with Crippen molar-refractivity contribution >= 4 is 11.5 Å². The number of fused-ring (bicyclic) bond motifs is 1. The van der Waals surface area contributed by atoms with Crippen LogP contribution in [0.2, 0.25) is 0 Å². The van der Waals surface area contributed by atoms with E-state index in [4.69, 9.17) is 15.2 Å². The van der Waals surface area contributed by atoms with E-state index in [1.54, 1.807) is 0 Å². The van der Waals surface area contributed by atoms with Gasteiger partial charge in [-0.3, -0.25) is 0 Å². The molecule has 84 valence electrons. The van der Waals surface area contributed by atoms with Crippen LogP contribution in [0.25, 0.3) is 0 Å². The summed E-state index contributed by atoms with van der Waals surface area (Å²) in [6.07, 6.45) is 2.33. The van der Waals surface area contributed by atoms with Crippen LogP contribution in [0, 0.1) is 5.92 Å². The van der Waals surface area contributed by atoms with Gasteiger partial charge in [-0.1, -0.05) is 0 Å². The molecule has 1 fully saturated rings. The molecule has 4 heteroatoms.